The maximum absolute atomic E-state index is 4.96. The van der Waals surface area contributed by atoms with Gasteiger partial charge in [-0.05, 0) is 54.7 Å². The van der Waals surface area contributed by atoms with Crippen LogP contribution in [0.3, 0.4) is 0 Å². The van der Waals surface area contributed by atoms with Gasteiger partial charge in [-0.1, -0.05) is 42.5 Å². The van der Waals surface area contributed by atoms with Crippen LogP contribution in [0, 0.1) is 0 Å². The molecule has 3 heterocycles. The number of fused-ring (bicyclic) bond motifs is 1. The molecule has 0 amide bonds. The maximum Gasteiger partial charge on any atom is 0.128 e. The van der Waals surface area contributed by atoms with Gasteiger partial charge in [0.05, 0.1) is 11.2 Å². The van der Waals surface area contributed by atoms with Gasteiger partial charge in [-0.25, -0.2) is 9.97 Å². The predicted octanol–water partition coefficient (Wildman–Crippen LogP) is 5.16. The lowest BCUT2D eigenvalue weighted by atomic mass is 10.00. The van der Waals surface area contributed by atoms with Crippen LogP contribution in [0.5, 0.6) is 0 Å². The second-order valence-electron chi connectivity index (χ2n) is 7.37. The van der Waals surface area contributed by atoms with Crippen LogP contribution in [0.1, 0.15) is 36.2 Å². The fourth-order valence-electron chi connectivity index (χ4n) is 4.08. The highest BCUT2D eigenvalue weighted by Crippen LogP contribution is 2.28. The molecule has 3 aromatic rings. The molecule has 3 heteroatoms. The van der Waals surface area contributed by atoms with Crippen molar-refractivity contribution in [1.29, 1.82) is 0 Å². The van der Waals surface area contributed by atoms with Gasteiger partial charge in [0.1, 0.15) is 5.82 Å². The van der Waals surface area contributed by atoms with Crippen molar-refractivity contribution >= 4 is 22.3 Å². The van der Waals surface area contributed by atoms with Gasteiger partial charge < -0.3 is 4.90 Å². The summed E-state index contributed by atoms with van der Waals surface area (Å²) in [6.45, 7) is 2.25. The smallest absolute Gasteiger partial charge is 0.128 e. The maximum atomic E-state index is 4.96. The van der Waals surface area contributed by atoms with Gasteiger partial charge in [-0.2, -0.15) is 0 Å². The molecule has 3 nitrogen and oxygen atoms in total. The summed E-state index contributed by atoms with van der Waals surface area (Å²) >= 11 is 0. The first kappa shape index (κ1) is 16.2. The van der Waals surface area contributed by atoms with E-state index < -0.39 is 0 Å². The number of hydrogen-bond donors (Lipinski definition) is 0. The Morgan fingerprint density at radius 3 is 2.67 bits per heavy atom. The number of benzene rings is 1. The fraction of sp³-hybridized carbons (Fsp3) is 0.250. The molecular weight excluding hydrogens is 330 g/mol. The van der Waals surface area contributed by atoms with Crippen LogP contribution in [-0.2, 0) is 6.42 Å². The highest BCUT2D eigenvalue weighted by Gasteiger charge is 2.15. The minimum absolute atomic E-state index is 0.832. The molecule has 5 rings (SSSR count). The van der Waals surface area contributed by atoms with E-state index in [1.165, 1.54) is 29.4 Å². The molecule has 0 radical (unpaired) electrons. The molecule has 2 aliphatic rings. The normalized spacial score (nSPS) is 16.3. The SMILES string of the molecule is C1=CCC(c2cc(Cc3cccc(N4CCCC4)n3)c3ccccc3n2)=C1. The van der Waals surface area contributed by atoms with Crippen LogP contribution in [0.25, 0.3) is 16.5 Å². The van der Waals surface area contributed by atoms with E-state index in [0.717, 1.165) is 48.7 Å². The van der Waals surface area contributed by atoms with E-state index in [9.17, 15) is 0 Å². The number of anilines is 1. The average molecular weight is 353 g/mol. The van der Waals surface area contributed by atoms with Crippen molar-refractivity contribution in [1.82, 2.24) is 9.97 Å². The Morgan fingerprint density at radius 1 is 0.926 bits per heavy atom. The highest BCUT2D eigenvalue weighted by atomic mass is 15.2. The van der Waals surface area contributed by atoms with E-state index in [0.29, 0.717) is 0 Å². The summed E-state index contributed by atoms with van der Waals surface area (Å²) in [5, 5.41) is 1.22. The molecule has 27 heavy (non-hydrogen) atoms. The monoisotopic (exact) mass is 353 g/mol. The average Bonchev–Trinajstić information content (AvgIpc) is 3.42. The summed E-state index contributed by atoms with van der Waals surface area (Å²) in [6.07, 6.45) is 10.8. The first-order chi connectivity index (χ1) is 13.4. The largest absolute Gasteiger partial charge is 0.357 e. The van der Waals surface area contributed by atoms with Crippen molar-refractivity contribution in [2.45, 2.75) is 25.7 Å². The van der Waals surface area contributed by atoms with E-state index in [1.807, 2.05) is 0 Å². The Hall–Kier alpha value is -2.94. The Balaban J connectivity index is 1.53. The topological polar surface area (TPSA) is 29.0 Å². The minimum atomic E-state index is 0.832. The summed E-state index contributed by atoms with van der Waals surface area (Å²) in [5.41, 5.74) is 5.87. The zero-order valence-corrected chi connectivity index (χ0v) is 15.4. The van der Waals surface area contributed by atoms with Gasteiger partial charge in [-0.15, -0.1) is 0 Å². The predicted molar refractivity (Wildman–Crippen MR) is 112 cm³/mol. The van der Waals surface area contributed by atoms with Crippen LogP contribution in [0.15, 0.2) is 66.8 Å². The van der Waals surface area contributed by atoms with E-state index in [-0.39, 0.29) is 0 Å². The Labute approximate surface area is 160 Å². The summed E-state index contributed by atoms with van der Waals surface area (Å²) in [6, 6.07) is 17.1. The lowest BCUT2D eigenvalue weighted by Crippen LogP contribution is -2.19. The molecule has 0 saturated carbocycles. The molecule has 0 N–H and O–H groups in total. The third-order valence-electron chi connectivity index (χ3n) is 5.50. The van der Waals surface area contributed by atoms with Gasteiger partial charge in [-0.3, -0.25) is 0 Å². The van der Waals surface area contributed by atoms with Gasteiger partial charge in [0.25, 0.3) is 0 Å². The molecular formula is C24H23N3. The van der Waals surface area contributed by atoms with Crippen molar-refractivity contribution in [3.05, 3.63) is 83.7 Å². The molecule has 1 saturated heterocycles. The molecule has 1 aromatic carbocycles. The number of aromatic nitrogens is 2. The molecule has 0 unspecified atom stereocenters. The minimum Gasteiger partial charge on any atom is -0.357 e. The van der Waals surface area contributed by atoms with Crippen molar-refractivity contribution in [3.63, 3.8) is 0 Å². The van der Waals surface area contributed by atoms with Crippen LogP contribution < -0.4 is 4.90 Å². The third kappa shape index (κ3) is 3.25. The van der Waals surface area contributed by atoms with Crippen molar-refractivity contribution in [2.24, 2.45) is 0 Å². The molecule has 2 aromatic heterocycles. The van der Waals surface area contributed by atoms with Crippen molar-refractivity contribution < 1.29 is 0 Å². The van der Waals surface area contributed by atoms with Gasteiger partial charge in [0.15, 0.2) is 0 Å². The summed E-state index contributed by atoms with van der Waals surface area (Å²) in [7, 11) is 0. The van der Waals surface area contributed by atoms with E-state index in [1.54, 1.807) is 0 Å². The molecule has 1 aliphatic carbocycles. The fourth-order valence-corrected chi connectivity index (χ4v) is 4.08. The Morgan fingerprint density at radius 2 is 1.81 bits per heavy atom. The van der Waals surface area contributed by atoms with Crippen LogP contribution in [0.2, 0.25) is 0 Å². The zero-order chi connectivity index (χ0) is 18.1. The summed E-state index contributed by atoms with van der Waals surface area (Å²) in [4.78, 5) is 12.3. The van der Waals surface area contributed by atoms with Crippen molar-refractivity contribution in [2.75, 3.05) is 18.0 Å². The van der Waals surface area contributed by atoms with Crippen LogP contribution >= 0.6 is 0 Å². The quantitative estimate of drug-likeness (QED) is 0.648. The molecule has 1 aliphatic heterocycles. The molecule has 134 valence electrons. The molecule has 0 bridgehead atoms. The Kier molecular flexibility index (Phi) is 4.21. The number of allylic oxidation sites excluding steroid dienone is 4. The molecule has 1 fully saturated rings. The number of hydrogen-bond acceptors (Lipinski definition) is 3. The highest BCUT2D eigenvalue weighted by molar-refractivity contribution is 5.85. The van der Waals surface area contributed by atoms with E-state index >= 15 is 0 Å². The van der Waals surface area contributed by atoms with Crippen molar-refractivity contribution in [3.8, 4) is 0 Å². The molecule has 0 spiro atoms. The zero-order valence-electron chi connectivity index (χ0n) is 15.4. The van der Waals surface area contributed by atoms with Crippen LogP contribution in [-0.4, -0.2) is 23.1 Å². The van der Waals surface area contributed by atoms with Crippen LogP contribution in [0.4, 0.5) is 5.82 Å². The number of nitrogens with zero attached hydrogens (tertiary/aromatic N) is 3. The Bertz CT molecular complexity index is 1040. The number of rotatable bonds is 4. The van der Waals surface area contributed by atoms with Gasteiger partial charge in [0.2, 0.25) is 0 Å². The number of pyridine rings is 2. The van der Waals surface area contributed by atoms with E-state index in [2.05, 4.69) is 71.7 Å². The van der Waals surface area contributed by atoms with Gasteiger partial charge in [0, 0.05) is 30.6 Å². The molecule has 0 atom stereocenters. The first-order valence-electron chi connectivity index (χ1n) is 9.82. The lowest BCUT2D eigenvalue weighted by Gasteiger charge is -2.17. The van der Waals surface area contributed by atoms with E-state index in [4.69, 9.17) is 9.97 Å². The number of para-hydroxylation sites is 1. The summed E-state index contributed by atoms with van der Waals surface area (Å²) in [5.74, 6) is 1.12. The van der Waals surface area contributed by atoms with Gasteiger partial charge >= 0.3 is 0 Å². The second kappa shape index (κ2) is 6.99. The third-order valence-corrected chi connectivity index (χ3v) is 5.50. The lowest BCUT2D eigenvalue weighted by molar-refractivity contribution is 0.920. The standard InChI is InChI=1S/C24H23N3/c1-2-9-18(8-1)23-17-19(21-11-3-4-12-22(21)26-23)16-20-10-7-13-24(25-20)27-14-5-6-15-27/h1-4,7-8,10-13,17H,5-6,9,14-16H2. The second-order valence-corrected chi connectivity index (χ2v) is 7.37. The first-order valence-corrected chi connectivity index (χ1v) is 9.82. The summed E-state index contributed by atoms with van der Waals surface area (Å²) < 4.78 is 0.